The fourth-order valence-corrected chi connectivity index (χ4v) is 2.23. The summed E-state index contributed by atoms with van der Waals surface area (Å²) in [4.78, 5) is 13.5. The summed E-state index contributed by atoms with van der Waals surface area (Å²) in [5.74, 6) is -0.976. The van der Waals surface area contributed by atoms with E-state index in [4.69, 9.17) is 4.74 Å². The quantitative estimate of drug-likeness (QED) is 0.754. The van der Waals surface area contributed by atoms with Crippen molar-refractivity contribution in [3.63, 3.8) is 0 Å². The molecular formula is C18H18F4N2O2. The van der Waals surface area contributed by atoms with Gasteiger partial charge in [0.1, 0.15) is 6.61 Å². The van der Waals surface area contributed by atoms with Gasteiger partial charge in [-0.2, -0.15) is 13.2 Å². The van der Waals surface area contributed by atoms with Gasteiger partial charge in [0, 0.05) is 6.54 Å². The van der Waals surface area contributed by atoms with Crippen molar-refractivity contribution in [3.8, 4) is 5.75 Å². The largest absolute Gasteiger partial charge is 0.489 e. The molecule has 0 aliphatic rings. The highest BCUT2D eigenvalue weighted by atomic mass is 19.4. The van der Waals surface area contributed by atoms with Gasteiger partial charge in [0.2, 0.25) is 5.91 Å². The van der Waals surface area contributed by atoms with Gasteiger partial charge in [0.25, 0.3) is 0 Å². The summed E-state index contributed by atoms with van der Waals surface area (Å²) < 4.78 is 57.4. The molecule has 0 radical (unpaired) electrons. The predicted octanol–water partition coefficient (Wildman–Crippen LogP) is 3.79. The number of benzene rings is 2. The number of para-hydroxylation sites is 2. The smallest absolute Gasteiger partial charge is 0.418 e. The number of nitrogens with one attached hydrogen (secondary N) is 1. The lowest BCUT2D eigenvalue weighted by molar-refractivity contribution is -0.137. The normalized spacial score (nSPS) is 11.5. The van der Waals surface area contributed by atoms with Crippen LogP contribution in [0.3, 0.4) is 0 Å². The van der Waals surface area contributed by atoms with Gasteiger partial charge in [-0.3, -0.25) is 9.69 Å². The number of likely N-dealkylation sites (N-methyl/N-ethyl adjacent to an activating group) is 1. The lowest BCUT2D eigenvalue weighted by atomic mass is 10.1. The summed E-state index contributed by atoms with van der Waals surface area (Å²) in [6, 6.07) is 10.7. The molecule has 2 aromatic rings. The van der Waals surface area contributed by atoms with Crippen LogP contribution in [0.15, 0.2) is 48.5 Å². The fourth-order valence-electron chi connectivity index (χ4n) is 2.23. The van der Waals surface area contributed by atoms with Crippen LogP contribution < -0.4 is 10.1 Å². The second kappa shape index (κ2) is 8.66. The number of carbonyl (C=O) groups is 1. The Morgan fingerprint density at radius 1 is 1.12 bits per heavy atom. The molecule has 4 nitrogen and oxygen atoms in total. The van der Waals surface area contributed by atoms with Crippen molar-refractivity contribution in [2.45, 2.75) is 6.18 Å². The Morgan fingerprint density at radius 3 is 2.46 bits per heavy atom. The molecule has 140 valence electrons. The topological polar surface area (TPSA) is 41.6 Å². The van der Waals surface area contributed by atoms with Crippen molar-refractivity contribution in [1.82, 2.24) is 4.90 Å². The third-order valence-electron chi connectivity index (χ3n) is 3.49. The minimum absolute atomic E-state index is 0.101. The molecule has 0 saturated heterocycles. The molecule has 0 saturated carbocycles. The highest BCUT2D eigenvalue weighted by Crippen LogP contribution is 2.34. The Hall–Kier alpha value is -2.61. The van der Waals surface area contributed by atoms with E-state index in [1.165, 1.54) is 36.4 Å². The van der Waals surface area contributed by atoms with E-state index >= 15 is 0 Å². The van der Waals surface area contributed by atoms with E-state index < -0.39 is 23.5 Å². The molecule has 0 aliphatic carbocycles. The summed E-state index contributed by atoms with van der Waals surface area (Å²) in [5.41, 5.74) is -1.19. The van der Waals surface area contributed by atoms with Gasteiger partial charge in [0.15, 0.2) is 11.6 Å². The van der Waals surface area contributed by atoms with Crippen LogP contribution in [0.5, 0.6) is 5.75 Å². The zero-order valence-electron chi connectivity index (χ0n) is 14.0. The third kappa shape index (κ3) is 5.73. The summed E-state index contributed by atoms with van der Waals surface area (Å²) >= 11 is 0. The van der Waals surface area contributed by atoms with Gasteiger partial charge in [-0.05, 0) is 31.3 Å². The molecule has 1 amide bonds. The third-order valence-corrected chi connectivity index (χ3v) is 3.49. The van der Waals surface area contributed by atoms with E-state index in [1.807, 2.05) is 0 Å². The first-order valence-corrected chi connectivity index (χ1v) is 7.79. The molecule has 0 heterocycles. The second-order valence-corrected chi connectivity index (χ2v) is 5.61. The van der Waals surface area contributed by atoms with Gasteiger partial charge in [-0.25, -0.2) is 4.39 Å². The summed E-state index contributed by atoms with van der Waals surface area (Å²) in [6.07, 6.45) is -4.55. The van der Waals surface area contributed by atoms with Gasteiger partial charge in [-0.1, -0.05) is 24.3 Å². The number of carbonyl (C=O) groups excluding carboxylic acids is 1. The Kier molecular flexibility index (Phi) is 6.57. The second-order valence-electron chi connectivity index (χ2n) is 5.61. The number of nitrogens with zero attached hydrogens (tertiary/aromatic N) is 1. The number of alkyl halides is 3. The molecule has 0 unspecified atom stereocenters. The van der Waals surface area contributed by atoms with Crippen LogP contribution in [0, 0.1) is 5.82 Å². The van der Waals surface area contributed by atoms with E-state index in [2.05, 4.69) is 5.32 Å². The minimum atomic E-state index is -4.55. The highest BCUT2D eigenvalue weighted by Gasteiger charge is 2.33. The molecule has 2 rings (SSSR count). The van der Waals surface area contributed by atoms with Crippen molar-refractivity contribution < 1.29 is 27.1 Å². The van der Waals surface area contributed by atoms with Crippen LogP contribution in [0.2, 0.25) is 0 Å². The summed E-state index contributed by atoms with van der Waals surface area (Å²) in [5, 5.41) is 2.26. The number of hydrogen-bond acceptors (Lipinski definition) is 3. The monoisotopic (exact) mass is 370 g/mol. The van der Waals surface area contributed by atoms with Crippen LogP contribution in [0.4, 0.5) is 23.2 Å². The standard InChI is InChI=1S/C18H18F4N2O2/c1-24(10-11-26-16-9-5-3-7-14(16)19)12-17(25)23-15-8-4-2-6-13(15)18(20,21)22/h2-9H,10-12H2,1H3,(H,23,25). The SMILES string of the molecule is CN(CCOc1ccccc1F)CC(=O)Nc1ccccc1C(F)(F)F. The first-order valence-electron chi connectivity index (χ1n) is 7.79. The van der Waals surface area contributed by atoms with Crippen LogP contribution in [0.25, 0.3) is 0 Å². The van der Waals surface area contributed by atoms with Crippen LogP contribution in [0.1, 0.15) is 5.56 Å². The molecule has 0 aliphatic heterocycles. The van der Waals surface area contributed by atoms with E-state index in [1.54, 1.807) is 18.0 Å². The number of rotatable bonds is 7. The number of halogens is 4. The van der Waals surface area contributed by atoms with Gasteiger partial charge < -0.3 is 10.1 Å². The maximum atomic E-state index is 13.4. The molecule has 0 aromatic heterocycles. The van der Waals surface area contributed by atoms with Crippen molar-refractivity contribution in [3.05, 3.63) is 59.9 Å². The van der Waals surface area contributed by atoms with E-state index in [0.717, 1.165) is 6.07 Å². The predicted molar refractivity (Wildman–Crippen MR) is 89.5 cm³/mol. The maximum Gasteiger partial charge on any atom is 0.418 e. The van der Waals surface area contributed by atoms with Gasteiger partial charge in [-0.15, -0.1) is 0 Å². The molecule has 0 fully saturated rings. The van der Waals surface area contributed by atoms with E-state index in [9.17, 15) is 22.4 Å². The van der Waals surface area contributed by atoms with Gasteiger partial charge >= 0.3 is 6.18 Å². The Labute approximate surface area is 148 Å². The minimum Gasteiger partial charge on any atom is -0.489 e. The van der Waals surface area contributed by atoms with E-state index in [0.29, 0.717) is 6.54 Å². The van der Waals surface area contributed by atoms with Crippen molar-refractivity contribution >= 4 is 11.6 Å². The molecule has 0 bridgehead atoms. The number of hydrogen-bond donors (Lipinski definition) is 1. The van der Waals surface area contributed by atoms with Crippen LogP contribution in [-0.2, 0) is 11.0 Å². The lowest BCUT2D eigenvalue weighted by Gasteiger charge is -2.18. The highest BCUT2D eigenvalue weighted by molar-refractivity contribution is 5.93. The summed E-state index contributed by atoms with van der Waals surface area (Å²) in [6.45, 7) is 0.291. The van der Waals surface area contributed by atoms with Gasteiger partial charge in [0.05, 0.1) is 17.8 Å². The maximum absolute atomic E-state index is 13.4. The Bertz CT molecular complexity index is 750. The first kappa shape index (κ1) is 19.7. The van der Waals surface area contributed by atoms with Crippen LogP contribution in [-0.4, -0.2) is 37.6 Å². The van der Waals surface area contributed by atoms with Crippen LogP contribution >= 0.6 is 0 Å². The van der Waals surface area contributed by atoms with Crippen molar-refractivity contribution in [2.75, 3.05) is 32.1 Å². The number of ether oxygens (including phenoxy) is 1. The zero-order valence-corrected chi connectivity index (χ0v) is 14.0. The molecular weight excluding hydrogens is 352 g/mol. The average molecular weight is 370 g/mol. The molecule has 2 aromatic carbocycles. The lowest BCUT2D eigenvalue weighted by Crippen LogP contribution is -2.33. The zero-order chi connectivity index (χ0) is 19.2. The molecule has 8 heteroatoms. The Morgan fingerprint density at radius 2 is 1.77 bits per heavy atom. The molecule has 1 N–H and O–H groups in total. The number of amides is 1. The molecule has 0 spiro atoms. The number of anilines is 1. The first-order chi connectivity index (χ1) is 12.3. The molecule has 0 atom stereocenters. The van der Waals surface area contributed by atoms with Crippen molar-refractivity contribution in [1.29, 1.82) is 0 Å². The van der Waals surface area contributed by atoms with E-state index in [-0.39, 0.29) is 24.6 Å². The molecule has 26 heavy (non-hydrogen) atoms. The Balaban J connectivity index is 1.84. The summed E-state index contributed by atoms with van der Waals surface area (Å²) in [7, 11) is 1.61. The van der Waals surface area contributed by atoms with Crippen molar-refractivity contribution in [2.24, 2.45) is 0 Å². The fraction of sp³-hybridized carbons (Fsp3) is 0.278. The average Bonchev–Trinajstić information content (AvgIpc) is 2.56.